The van der Waals surface area contributed by atoms with Gasteiger partial charge in [-0.2, -0.15) is 0 Å². The van der Waals surface area contributed by atoms with Gasteiger partial charge in [0.25, 0.3) is 5.91 Å². The summed E-state index contributed by atoms with van der Waals surface area (Å²) in [6.45, 7) is 4.43. The number of carbonyl (C=O) groups excluding carboxylic acids is 2. The second kappa shape index (κ2) is 8.51. The molecule has 0 aliphatic heterocycles. The monoisotopic (exact) mass is 364 g/mol. The van der Waals surface area contributed by atoms with E-state index in [1.165, 1.54) is 4.90 Å². The number of nitrogens with zero attached hydrogens (tertiary/aromatic N) is 1. The molecule has 0 fully saturated rings. The van der Waals surface area contributed by atoms with Gasteiger partial charge in [-0.25, -0.2) is 13.2 Å². The van der Waals surface area contributed by atoms with E-state index in [9.17, 15) is 22.8 Å². The summed E-state index contributed by atoms with van der Waals surface area (Å²) < 4.78 is 40.4. The normalized spacial score (nSPS) is 11.7. The summed E-state index contributed by atoms with van der Waals surface area (Å²) in [4.78, 5) is 26.7. The number of benzene rings is 2. The van der Waals surface area contributed by atoms with E-state index < -0.39 is 35.0 Å². The predicted octanol–water partition coefficient (Wildman–Crippen LogP) is 3.44. The number of likely N-dealkylation sites (N-methyl/N-ethyl adjacent to an activating group) is 1. The number of rotatable bonds is 6. The molecule has 0 aromatic heterocycles. The van der Waals surface area contributed by atoms with Crippen LogP contribution in [-0.4, -0.2) is 29.8 Å². The van der Waals surface area contributed by atoms with Gasteiger partial charge in [0.1, 0.15) is 6.04 Å². The zero-order valence-corrected chi connectivity index (χ0v) is 14.4. The van der Waals surface area contributed by atoms with Gasteiger partial charge in [-0.3, -0.25) is 9.59 Å². The van der Waals surface area contributed by atoms with E-state index in [-0.39, 0.29) is 5.91 Å². The van der Waals surface area contributed by atoms with Crippen LogP contribution in [0.2, 0.25) is 0 Å². The number of halogens is 3. The Labute approximate surface area is 149 Å². The minimum atomic E-state index is -1.73. The van der Waals surface area contributed by atoms with Crippen molar-refractivity contribution in [1.82, 2.24) is 10.2 Å². The molecule has 0 radical (unpaired) electrons. The number of amides is 2. The van der Waals surface area contributed by atoms with Crippen molar-refractivity contribution in [3.63, 3.8) is 0 Å². The van der Waals surface area contributed by atoms with Gasteiger partial charge < -0.3 is 10.2 Å². The minimum Gasteiger partial charge on any atom is -0.341 e. The smallest absolute Gasteiger partial charge is 0.255 e. The zero-order valence-electron chi connectivity index (χ0n) is 14.4. The minimum absolute atomic E-state index is 0.377. The first-order valence-electron chi connectivity index (χ1n) is 8.18. The van der Waals surface area contributed by atoms with Gasteiger partial charge in [0.15, 0.2) is 17.5 Å². The third-order valence-corrected chi connectivity index (χ3v) is 4.01. The van der Waals surface area contributed by atoms with Gasteiger partial charge >= 0.3 is 0 Å². The summed E-state index contributed by atoms with van der Waals surface area (Å²) in [6.07, 6.45) is 0. The molecule has 2 aromatic rings. The molecule has 0 unspecified atom stereocenters. The molecule has 0 bridgehead atoms. The second-order valence-electron chi connectivity index (χ2n) is 5.55. The van der Waals surface area contributed by atoms with Crippen LogP contribution in [0.5, 0.6) is 0 Å². The molecule has 4 nitrogen and oxygen atoms in total. The third-order valence-electron chi connectivity index (χ3n) is 4.01. The Morgan fingerprint density at radius 2 is 1.58 bits per heavy atom. The largest absolute Gasteiger partial charge is 0.341 e. The fourth-order valence-corrected chi connectivity index (χ4v) is 2.56. The molecule has 26 heavy (non-hydrogen) atoms. The summed E-state index contributed by atoms with van der Waals surface area (Å²) in [5.74, 6) is -6.10. The molecular weight excluding hydrogens is 345 g/mol. The first kappa shape index (κ1) is 19.5. The van der Waals surface area contributed by atoms with Crippen LogP contribution in [0.4, 0.5) is 13.2 Å². The molecule has 2 rings (SSSR count). The maximum absolute atomic E-state index is 13.9. The van der Waals surface area contributed by atoms with Crippen molar-refractivity contribution in [2.75, 3.05) is 13.1 Å². The topological polar surface area (TPSA) is 49.4 Å². The molecule has 1 atom stereocenters. The summed E-state index contributed by atoms with van der Waals surface area (Å²) in [5.41, 5.74) is -0.169. The van der Waals surface area contributed by atoms with E-state index in [0.717, 1.165) is 6.07 Å². The molecule has 1 N–H and O–H groups in total. The van der Waals surface area contributed by atoms with E-state index in [0.29, 0.717) is 24.7 Å². The van der Waals surface area contributed by atoms with Crippen LogP contribution >= 0.6 is 0 Å². The van der Waals surface area contributed by atoms with Crippen molar-refractivity contribution in [2.45, 2.75) is 19.9 Å². The molecule has 2 amide bonds. The fraction of sp³-hybridized carbons (Fsp3) is 0.263. The van der Waals surface area contributed by atoms with Gasteiger partial charge in [0, 0.05) is 13.1 Å². The first-order chi connectivity index (χ1) is 12.4. The van der Waals surface area contributed by atoms with E-state index >= 15 is 0 Å². The van der Waals surface area contributed by atoms with Crippen molar-refractivity contribution in [3.05, 3.63) is 71.0 Å². The second-order valence-corrected chi connectivity index (χ2v) is 5.55. The van der Waals surface area contributed by atoms with Gasteiger partial charge in [-0.1, -0.05) is 30.3 Å². The lowest BCUT2D eigenvalue weighted by molar-refractivity contribution is -0.133. The Balaban J connectivity index is 2.37. The molecule has 2 aromatic carbocycles. The van der Waals surface area contributed by atoms with E-state index in [2.05, 4.69) is 5.32 Å². The van der Waals surface area contributed by atoms with Gasteiger partial charge in [0.2, 0.25) is 5.91 Å². The lowest BCUT2D eigenvalue weighted by atomic mass is 10.0. The van der Waals surface area contributed by atoms with Crippen LogP contribution < -0.4 is 5.32 Å². The van der Waals surface area contributed by atoms with Crippen molar-refractivity contribution in [2.24, 2.45) is 0 Å². The van der Waals surface area contributed by atoms with E-state index in [1.54, 1.807) is 44.2 Å². The molecule has 0 heterocycles. The SMILES string of the molecule is CCN(CC)C(=O)[C@@H](NC(=O)c1ccc(F)c(F)c1F)c1ccccc1. The van der Waals surface area contributed by atoms with E-state index in [1.807, 2.05) is 0 Å². The number of hydrogen-bond donors (Lipinski definition) is 1. The highest BCUT2D eigenvalue weighted by Gasteiger charge is 2.28. The Hall–Kier alpha value is -2.83. The quantitative estimate of drug-likeness (QED) is 0.799. The van der Waals surface area contributed by atoms with Crippen LogP contribution in [-0.2, 0) is 4.79 Å². The molecule has 7 heteroatoms. The maximum atomic E-state index is 13.9. The summed E-state index contributed by atoms with van der Waals surface area (Å²) in [6, 6.07) is 8.87. The van der Waals surface area contributed by atoms with Crippen LogP contribution in [0.15, 0.2) is 42.5 Å². The fourth-order valence-electron chi connectivity index (χ4n) is 2.56. The lowest BCUT2D eigenvalue weighted by Gasteiger charge is -2.26. The van der Waals surface area contributed by atoms with Crippen molar-refractivity contribution in [1.29, 1.82) is 0 Å². The zero-order chi connectivity index (χ0) is 19.3. The van der Waals surface area contributed by atoms with Crippen LogP contribution in [0.1, 0.15) is 35.8 Å². The maximum Gasteiger partial charge on any atom is 0.255 e. The first-order valence-corrected chi connectivity index (χ1v) is 8.18. The highest BCUT2D eigenvalue weighted by atomic mass is 19.2. The molecule has 0 saturated heterocycles. The van der Waals surface area contributed by atoms with E-state index in [4.69, 9.17) is 0 Å². The predicted molar refractivity (Wildman–Crippen MR) is 90.9 cm³/mol. The number of carbonyl (C=O) groups is 2. The molecular formula is C19H19F3N2O2. The molecule has 0 saturated carbocycles. The van der Waals surface area contributed by atoms with Gasteiger partial charge in [0.05, 0.1) is 5.56 Å². The molecule has 0 aliphatic rings. The van der Waals surface area contributed by atoms with Crippen molar-refractivity contribution >= 4 is 11.8 Å². The highest BCUT2D eigenvalue weighted by molar-refractivity contribution is 5.98. The number of nitrogens with one attached hydrogen (secondary N) is 1. The van der Waals surface area contributed by atoms with Crippen LogP contribution in [0.25, 0.3) is 0 Å². The molecule has 138 valence electrons. The highest BCUT2D eigenvalue weighted by Crippen LogP contribution is 2.19. The van der Waals surface area contributed by atoms with Crippen LogP contribution in [0, 0.1) is 17.5 Å². The van der Waals surface area contributed by atoms with Gasteiger partial charge in [-0.15, -0.1) is 0 Å². The number of hydrogen-bond acceptors (Lipinski definition) is 2. The van der Waals surface area contributed by atoms with Crippen molar-refractivity contribution in [3.8, 4) is 0 Å². The Bertz CT molecular complexity index is 793. The molecule has 0 aliphatic carbocycles. The third kappa shape index (κ3) is 4.04. The average molecular weight is 364 g/mol. The Morgan fingerprint density at radius 3 is 2.15 bits per heavy atom. The van der Waals surface area contributed by atoms with Gasteiger partial charge in [-0.05, 0) is 31.5 Å². The lowest BCUT2D eigenvalue weighted by Crippen LogP contribution is -2.43. The summed E-state index contributed by atoms with van der Waals surface area (Å²) >= 11 is 0. The Morgan fingerprint density at radius 1 is 0.962 bits per heavy atom. The molecule has 0 spiro atoms. The Kier molecular flexibility index (Phi) is 6.38. The van der Waals surface area contributed by atoms with Crippen molar-refractivity contribution < 1.29 is 22.8 Å². The average Bonchev–Trinajstić information content (AvgIpc) is 2.65. The summed E-state index contributed by atoms with van der Waals surface area (Å²) in [5, 5.41) is 2.43. The standard InChI is InChI=1S/C19H19F3N2O2/c1-3-24(4-2)19(26)17(12-8-6-5-7-9-12)23-18(25)13-10-11-14(20)16(22)15(13)21/h5-11,17H,3-4H2,1-2H3,(H,23,25)/t17-/m0/s1. The summed E-state index contributed by atoms with van der Waals surface area (Å²) in [7, 11) is 0. The van der Waals surface area contributed by atoms with Crippen LogP contribution in [0.3, 0.4) is 0 Å².